The summed E-state index contributed by atoms with van der Waals surface area (Å²) in [4.78, 5) is 93.2. The van der Waals surface area contributed by atoms with Gasteiger partial charge in [-0.15, -0.1) is 22.7 Å². The highest BCUT2D eigenvalue weighted by Crippen LogP contribution is 2.35. The molecule has 7 heterocycles. The minimum absolute atomic E-state index is 0.00157. The number of para-hydroxylation sites is 1. The zero-order valence-corrected chi connectivity index (χ0v) is 53.7. The van der Waals surface area contributed by atoms with E-state index in [1.807, 2.05) is 106 Å². The summed E-state index contributed by atoms with van der Waals surface area (Å²) in [6, 6.07) is 23.6. The predicted molar refractivity (Wildman–Crippen MR) is 349 cm³/mol. The van der Waals surface area contributed by atoms with Crippen molar-refractivity contribution in [2.24, 2.45) is 11.3 Å². The molecule has 4 aliphatic rings. The van der Waals surface area contributed by atoms with Crippen molar-refractivity contribution in [1.29, 1.82) is 0 Å². The maximum absolute atomic E-state index is 15.3. The van der Waals surface area contributed by atoms with Crippen LogP contribution in [0.3, 0.4) is 0 Å². The number of likely N-dealkylation sites (tertiary alicyclic amines) is 2. The number of β-amino-alcohol motifs (C(OH)–C–C–N with tert-alkyl or cyclic N) is 1. The molecule has 0 radical (unpaired) electrons. The Morgan fingerprint density at radius 2 is 1.66 bits per heavy atom. The summed E-state index contributed by atoms with van der Waals surface area (Å²) in [6.07, 6.45) is 2.36. The number of benzene rings is 4. The minimum atomic E-state index is -1.13. The van der Waals surface area contributed by atoms with Crippen molar-refractivity contribution < 1.29 is 43.3 Å². The molecular formula is C67H76FN11O8S3. The van der Waals surface area contributed by atoms with Gasteiger partial charge in [0.2, 0.25) is 11.8 Å². The van der Waals surface area contributed by atoms with Crippen LogP contribution in [0.15, 0.2) is 90.4 Å². The van der Waals surface area contributed by atoms with E-state index < -0.39 is 41.3 Å². The van der Waals surface area contributed by atoms with Gasteiger partial charge in [-0.25, -0.2) is 28.9 Å². The second-order valence-electron chi connectivity index (χ2n) is 24.8. The summed E-state index contributed by atoms with van der Waals surface area (Å²) in [5.41, 5.74) is 7.85. The number of anilines is 2. The lowest BCUT2D eigenvalue weighted by atomic mass is 9.85. The molecule has 0 unspecified atom stereocenters. The van der Waals surface area contributed by atoms with Crippen LogP contribution in [0.25, 0.3) is 20.7 Å². The lowest BCUT2D eigenvalue weighted by Gasteiger charge is -2.40. The van der Waals surface area contributed by atoms with Crippen molar-refractivity contribution in [2.45, 2.75) is 104 Å². The van der Waals surface area contributed by atoms with Crippen molar-refractivity contribution in [3.05, 3.63) is 140 Å². The Labute approximate surface area is 535 Å². The molecule has 23 heteroatoms. The maximum atomic E-state index is 15.3. The zero-order valence-electron chi connectivity index (χ0n) is 51.3. The molecule has 472 valence electrons. The van der Waals surface area contributed by atoms with Crippen molar-refractivity contribution in [1.82, 2.24) is 45.2 Å². The topological polar surface area (TPSA) is 226 Å². The van der Waals surface area contributed by atoms with Gasteiger partial charge in [-0.2, -0.15) is 0 Å². The summed E-state index contributed by atoms with van der Waals surface area (Å²) < 4.78 is 22.2. The maximum Gasteiger partial charge on any atom is 0.355 e. The highest BCUT2D eigenvalue weighted by atomic mass is 32.1. The first kappa shape index (κ1) is 63.7. The number of carbonyl (C=O) groups excluding carboxylic acids is 4. The van der Waals surface area contributed by atoms with Crippen LogP contribution in [0.4, 0.5) is 19.4 Å². The molecule has 4 aromatic carbocycles. The Bertz CT molecular complexity index is 3790. The quantitative estimate of drug-likeness (QED) is 0.0399. The molecule has 3 aromatic heterocycles. The van der Waals surface area contributed by atoms with E-state index in [9.17, 15) is 34.2 Å². The zero-order chi connectivity index (χ0) is 63.2. The van der Waals surface area contributed by atoms with Gasteiger partial charge in [-0.05, 0) is 116 Å². The lowest BCUT2D eigenvalue weighted by molar-refractivity contribution is -0.142. The van der Waals surface area contributed by atoms with Crippen molar-refractivity contribution >= 4 is 84.2 Å². The van der Waals surface area contributed by atoms with Crippen molar-refractivity contribution in [3.63, 3.8) is 0 Å². The molecule has 4 atom stereocenters. The van der Waals surface area contributed by atoms with Gasteiger partial charge in [0.1, 0.15) is 12.1 Å². The number of amides is 5. The van der Waals surface area contributed by atoms with E-state index in [-0.39, 0.29) is 54.9 Å². The molecule has 0 bridgehead atoms. The van der Waals surface area contributed by atoms with E-state index in [0.29, 0.717) is 84.2 Å². The summed E-state index contributed by atoms with van der Waals surface area (Å²) in [5.74, 6) is 4.16. The predicted octanol–water partition coefficient (Wildman–Crippen LogP) is 9.49. The van der Waals surface area contributed by atoms with E-state index in [1.165, 1.54) is 33.6 Å². The molecule has 11 rings (SSSR count). The van der Waals surface area contributed by atoms with E-state index in [4.69, 9.17) is 4.74 Å². The number of halogens is 1. The number of aromatic nitrogens is 3. The monoisotopic (exact) mass is 1280 g/mol. The van der Waals surface area contributed by atoms with E-state index >= 15 is 4.39 Å². The largest absolute Gasteiger partial charge is 0.491 e. The van der Waals surface area contributed by atoms with E-state index in [2.05, 4.69) is 52.5 Å². The molecular weight excluding hydrogens is 1200 g/mol. The number of nitrogens with one attached hydrogen (secondary N) is 3. The highest BCUT2D eigenvalue weighted by Gasteiger charge is 2.45. The second-order valence-corrected chi connectivity index (χ2v) is 27.7. The first-order chi connectivity index (χ1) is 43.3. The number of aromatic carboxylic acids is 1. The Morgan fingerprint density at radius 1 is 0.889 bits per heavy atom. The fourth-order valence-electron chi connectivity index (χ4n) is 12.3. The fourth-order valence-corrected chi connectivity index (χ4v) is 15.1. The highest BCUT2D eigenvalue weighted by molar-refractivity contribution is 7.22. The Hall–Kier alpha value is -7.85. The standard InChI is InChI=1S/C67H76FN11O8S3/c1-41(45-18-20-47(21-19-45)58-42(2)69-40-88-58)70-61(82)53-36-48(80)38-79(53)62(83)59(67(3,4)5)73-65(86)77-27-23-44(24-28-77)37-76-32-30-75(31-33-76)26-9-11-43-17-22-54(51(68)35-43)87-34-10-16-56-57(63(84)85)72-66(90-56)78-29-25-46-12-8-13-49(50(46)39-78)60(81)74-64-71-52-14-6-7-15-55(52)89-64/h6-8,12-15,17-22,35,40-41,44,48,53,59,80H,10,16,23-34,36-39H2,1-5H3,(H,70,82)(H,73,86)(H,84,85)(H,71,74,81)/t41-,48+,53-,59+/m0/s1. The molecule has 0 aliphatic carbocycles. The van der Waals surface area contributed by atoms with Crippen LogP contribution in [0.5, 0.6) is 5.75 Å². The number of carboxylic acids is 1. The molecule has 4 aliphatic heterocycles. The number of carboxylic acid groups (broad SMARTS) is 1. The number of aryl methyl sites for hydroxylation is 2. The number of piperazine rings is 1. The molecule has 5 amide bonds. The molecule has 0 saturated carbocycles. The number of nitrogens with zero attached hydrogens (tertiary/aromatic N) is 8. The number of hydrogen-bond acceptors (Lipinski definition) is 16. The van der Waals surface area contributed by atoms with Crippen LogP contribution in [-0.2, 0) is 29.0 Å². The number of aliphatic hydroxyl groups is 1. The average Bonchev–Trinajstić information content (AvgIpc) is 1.87. The molecule has 7 aromatic rings. The SMILES string of the molecule is Cc1ncsc1-c1ccc([C@H](C)NC(=O)[C@@H]2C[C@@H](O)CN2C(=O)[C@@H](NC(=O)N2CCC(CN3CCN(CC#Cc4ccc(OCCCc5sc(N6CCc7cccc(C(=O)Nc8nc9ccccc9s8)c7C6)nc5C(=O)O)c(F)c4)CC3)CC2)C(C)(C)C)cc1. The van der Waals surface area contributed by atoms with Crippen molar-refractivity contribution in [3.8, 4) is 28.0 Å². The molecule has 0 spiro atoms. The lowest BCUT2D eigenvalue weighted by Crippen LogP contribution is -2.60. The van der Waals surface area contributed by atoms with Gasteiger partial charge in [0.15, 0.2) is 27.5 Å². The van der Waals surface area contributed by atoms with Crippen LogP contribution in [0.1, 0.15) is 113 Å². The van der Waals surface area contributed by atoms with Gasteiger partial charge >= 0.3 is 12.0 Å². The molecule has 19 nitrogen and oxygen atoms in total. The molecule has 3 saturated heterocycles. The van der Waals surface area contributed by atoms with Crippen LogP contribution in [-0.4, -0.2) is 165 Å². The number of piperidine rings is 1. The number of urea groups is 1. The number of fused-ring (bicyclic) bond motifs is 2. The third kappa shape index (κ3) is 15.1. The number of rotatable bonds is 18. The van der Waals surface area contributed by atoms with E-state index in [0.717, 1.165) is 88.6 Å². The fraction of sp³-hybridized carbons (Fsp3) is 0.433. The molecule has 5 N–H and O–H groups in total. The minimum Gasteiger partial charge on any atom is -0.491 e. The number of carbonyl (C=O) groups is 5. The van der Waals surface area contributed by atoms with Crippen LogP contribution in [0.2, 0.25) is 0 Å². The van der Waals surface area contributed by atoms with Gasteiger partial charge in [0.05, 0.1) is 51.6 Å². The average molecular weight is 1280 g/mol. The summed E-state index contributed by atoms with van der Waals surface area (Å²) in [6.45, 7) is 16.7. The van der Waals surface area contributed by atoms with Crippen LogP contribution < -0.4 is 25.6 Å². The van der Waals surface area contributed by atoms with Gasteiger partial charge in [0.25, 0.3) is 5.91 Å². The summed E-state index contributed by atoms with van der Waals surface area (Å²) in [5, 5.41) is 31.1. The van der Waals surface area contributed by atoms with Crippen LogP contribution >= 0.6 is 34.0 Å². The summed E-state index contributed by atoms with van der Waals surface area (Å²) >= 11 is 4.30. The molecule has 3 fully saturated rings. The first-order valence-electron chi connectivity index (χ1n) is 30.8. The first-order valence-corrected chi connectivity index (χ1v) is 33.3. The Balaban J connectivity index is 0.590. The normalized spacial score (nSPS) is 18.1. The van der Waals surface area contributed by atoms with E-state index in [1.54, 1.807) is 34.4 Å². The van der Waals surface area contributed by atoms with Gasteiger partial charge in [-0.3, -0.25) is 24.6 Å². The third-order valence-corrected chi connectivity index (χ3v) is 20.5. The number of ether oxygens (including phenoxy) is 1. The number of thiazole rings is 3. The second kappa shape index (κ2) is 28.1. The number of aliphatic hydroxyl groups excluding tert-OH is 1. The van der Waals surface area contributed by atoms with Crippen LogP contribution in [0, 0.1) is 35.9 Å². The number of hydrogen-bond donors (Lipinski definition) is 5. The Kier molecular flexibility index (Phi) is 19.9. The van der Waals surface area contributed by atoms with Gasteiger partial charge in [0, 0.05) is 87.9 Å². The van der Waals surface area contributed by atoms with Gasteiger partial charge in [-0.1, -0.05) is 92.5 Å². The smallest absolute Gasteiger partial charge is 0.355 e. The molecule has 90 heavy (non-hydrogen) atoms. The third-order valence-electron chi connectivity index (χ3n) is 17.4. The van der Waals surface area contributed by atoms with Crippen molar-refractivity contribution in [2.75, 3.05) is 82.3 Å². The summed E-state index contributed by atoms with van der Waals surface area (Å²) in [7, 11) is 0. The Morgan fingerprint density at radius 3 is 2.38 bits per heavy atom. The van der Waals surface area contributed by atoms with Gasteiger partial charge < -0.3 is 45.2 Å².